The summed E-state index contributed by atoms with van der Waals surface area (Å²) in [5, 5.41) is 5.44. The molecule has 1 aliphatic rings. The Balaban J connectivity index is 1.96. The van der Waals surface area contributed by atoms with Gasteiger partial charge in [-0.2, -0.15) is 0 Å². The predicted molar refractivity (Wildman–Crippen MR) is 70.6 cm³/mol. The molecule has 1 aliphatic carbocycles. The number of aryl methyl sites for hydroxylation is 2. The molecule has 3 rings (SSSR count). The second-order valence-corrected chi connectivity index (χ2v) is 5.29. The van der Waals surface area contributed by atoms with Gasteiger partial charge in [-0.25, -0.2) is 0 Å². The molecule has 90 valence electrons. The lowest BCUT2D eigenvalue weighted by atomic mass is 10.1. The molecule has 1 aromatic heterocycles. The fourth-order valence-corrected chi connectivity index (χ4v) is 2.31. The van der Waals surface area contributed by atoms with Crippen molar-refractivity contribution in [3.63, 3.8) is 0 Å². The highest BCUT2D eigenvalue weighted by Crippen LogP contribution is 2.31. The van der Waals surface area contributed by atoms with Gasteiger partial charge in [0.2, 0.25) is 0 Å². The average molecular weight is 250 g/mol. The van der Waals surface area contributed by atoms with Crippen LogP contribution in [0, 0.1) is 13.8 Å². The Kier molecular flexibility index (Phi) is 2.64. The number of halogens is 1. The summed E-state index contributed by atoms with van der Waals surface area (Å²) in [6, 6.07) is 4.83. The van der Waals surface area contributed by atoms with E-state index in [0.29, 0.717) is 6.04 Å². The van der Waals surface area contributed by atoms with Crippen molar-refractivity contribution in [1.29, 1.82) is 0 Å². The van der Waals surface area contributed by atoms with Crippen LogP contribution in [0.25, 0.3) is 11.0 Å². The number of hydrogen-bond acceptors (Lipinski definition) is 2. The topological polar surface area (TPSA) is 25.2 Å². The zero-order valence-electron chi connectivity index (χ0n) is 10.1. The number of furan rings is 1. The maximum Gasteiger partial charge on any atom is 0.134 e. The Morgan fingerprint density at radius 1 is 1.35 bits per heavy atom. The summed E-state index contributed by atoms with van der Waals surface area (Å²) in [4.78, 5) is 0. The zero-order valence-corrected chi connectivity index (χ0v) is 10.9. The molecule has 0 spiro atoms. The first-order chi connectivity index (χ1) is 8.15. The van der Waals surface area contributed by atoms with Crippen molar-refractivity contribution in [1.82, 2.24) is 5.32 Å². The summed E-state index contributed by atoms with van der Waals surface area (Å²) >= 11 is 6.25. The van der Waals surface area contributed by atoms with Gasteiger partial charge in [-0.3, -0.25) is 0 Å². The van der Waals surface area contributed by atoms with Gasteiger partial charge in [0.1, 0.15) is 11.3 Å². The molecule has 17 heavy (non-hydrogen) atoms. The zero-order chi connectivity index (χ0) is 12.0. The Morgan fingerprint density at radius 2 is 2.12 bits per heavy atom. The highest BCUT2D eigenvalue weighted by molar-refractivity contribution is 6.33. The normalized spacial score (nSPS) is 15.7. The van der Waals surface area contributed by atoms with Gasteiger partial charge in [-0.15, -0.1) is 0 Å². The second-order valence-electron chi connectivity index (χ2n) is 4.91. The van der Waals surface area contributed by atoms with Crippen LogP contribution in [-0.4, -0.2) is 6.04 Å². The van der Waals surface area contributed by atoms with Crippen LogP contribution in [0.1, 0.15) is 29.7 Å². The van der Waals surface area contributed by atoms with Crippen LogP contribution in [0.5, 0.6) is 0 Å². The highest BCUT2D eigenvalue weighted by Gasteiger charge is 2.21. The fraction of sp³-hybridized carbons (Fsp3) is 0.429. The van der Waals surface area contributed by atoms with Gasteiger partial charge in [-0.1, -0.05) is 11.6 Å². The summed E-state index contributed by atoms with van der Waals surface area (Å²) in [7, 11) is 0. The number of nitrogens with one attached hydrogen (secondary N) is 1. The number of fused-ring (bicyclic) bond motifs is 1. The van der Waals surface area contributed by atoms with Crippen LogP contribution >= 0.6 is 11.6 Å². The van der Waals surface area contributed by atoms with Crippen molar-refractivity contribution in [3.8, 4) is 0 Å². The van der Waals surface area contributed by atoms with Gasteiger partial charge in [0.15, 0.2) is 0 Å². The molecule has 1 fully saturated rings. The Labute approximate surface area is 106 Å². The van der Waals surface area contributed by atoms with Gasteiger partial charge in [0.05, 0.1) is 6.54 Å². The summed E-state index contributed by atoms with van der Waals surface area (Å²) in [6.45, 7) is 4.88. The standard InChI is InChI=1S/C14H16ClNO/c1-8-5-13-12(9(2)14(8)15)6-11(17-13)7-16-10-3-4-10/h5-6,10,16H,3-4,7H2,1-2H3. The monoisotopic (exact) mass is 249 g/mol. The van der Waals surface area contributed by atoms with E-state index in [1.54, 1.807) is 0 Å². The molecule has 0 saturated heterocycles. The van der Waals surface area contributed by atoms with Gasteiger partial charge >= 0.3 is 0 Å². The third kappa shape index (κ3) is 2.07. The molecule has 0 bridgehead atoms. The third-order valence-corrected chi connectivity index (χ3v) is 3.96. The number of rotatable bonds is 3. The van der Waals surface area contributed by atoms with E-state index in [9.17, 15) is 0 Å². The minimum absolute atomic E-state index is 0.703. The molecule has 0 aliphatic heterocycles. The molecule has 0 atom stereocenters. The van der Waals surface area contributed by atoms with Crippen molar-refractivity contribution in [3.05, 3.63) is 34.0 Å². The average Bonchev–Trinajstić information content (AvgIpc) is 3.05. The van der Waals surface area contributed by atoms with Crippen LogP contribution in [0.2, 0.25) is 5.02 Å². The van der Waals surface area contributed by atoms with E-state index in [1.807, 2.05) is 19.9 Å². The summed E-state index contributed by atoms with van der Waals surface area (Å²) in [5.41, 5.74) is 3.13. The van der Waals surface area contributed by atoms with Crippen molar-refractivity contribution in [2.24, 2.45) is 0 Å². The Hall–Kier alpha value is -0.990. The molecular weight excluding hydrogens is 234 g/mol. The van der Waals surface area contributed by atoms with E-state index < -0.39 is 0 Å². The largest absolute Gasteiger partial charge is 0.460 e. The van der Waals surface area contributed by atoms with Crippen molar-refractivity contribution >= 4 is 22.6 Å². The quantitative estimate of drug-likeness (QED) is 0.891. The molecule has 1 heterocycles. The molecule has 2 nitrogen and oxygen atoms in total. The maximum atomic E-state index is 6.25. The minimum atomic E-state index is 0.703. The molecule has 1 saturated carbocycles. The molecule has 0 radical (unpaired) electrons. The van der Waals surface area contributed by atoms with Crippen LogP contribution in [-0.2, 0) is 6.54 Å². The molecule has 0 unspecified atom stereocenters. The summed E-state index contributed by atoms with van der Waals surface area (Å²) in [5.74, 6) is 0.997. The second kappa shape index (κ2) is 4.04. The smallest absolute Gasteiger partial charge is 0.134 e. The van der Waals surface area contributed by atoms with Crippen LogP contribution in [0.3, 0.4) is 0 Å². The van der Waals surface area contributed by atoms with Crippen LogP contribution in [0.4, 0.5) is 0 Å². The van der Waals surface area contributed by atoms with Crippen molar-refractivity contribution < 1.29 is 4.42 Å². The number of benzene rings is 1. The van der Waals surface area contributed by atoms with Gasteiger partial charge in [0.25, 0.3) is 0 Å². The first-order valence-electron chi connectivity index (χ1n) is 6.06. The predicted octanol–water partition coefficient (Wildman–Crippen LogP) is 3.96. The van der Waals surface area contributed by atoms with E-state index >= 15 is 0 Å². The lowest BCUT2D eigenvalue weighted by molar-refractivity contribution is 0.512. The van der Waals surface area contributed by atoms with E-state index in [1.165, 1.54) is 12.8 Å². The lowest BCUT2D eigenvalue weighted by Crippen LogP contribution is -2.14. The first-order valence-corrected chi connectivity index (χ1v) is 6.44. The van der Waals surface area contributed by atoms with Gasteiger partial charge in [-0.05, 0) is 49.9 Å². The fourth-order valence-electron chi connectivity index (χ4n) is 2.15. The molecular formula is C14H16ClNO. The van der Waals surface area contributed by atoms with Crippen LogP contribution in [0.15, 0.2) is 16.5 Å². The van der Waals surface area contributed by atoms with E-state index in [4.69, 9.17) is 16.0 Å². The Morgan fingerprint density at radius 3 is 2.82 bits per heavy atom. The van der Waals surface area contributed by atoms with Crippen molar-refractivity contribution in [2.45, 2.75) is 39.3 Å². The molecule has 0 amide bonds. The molecule has 2 aromatic rings. The van der Waals surface area contributed by atoms with Gasteiger partial charge in [0, 0.05) is 16.5 Å². The van der Waals surface area contributed by atoms with E-state index in [-0.39, 0.29) is 0 Å². The van der Waals surface area contributed by atoms with Crippen molar-refractivity contribution in [2.75, 3.05) is 0 Å². The molecule has 3 heteroatoms. The SMILES string of the molecule is Cc1cc2oc(CNC3CC3)cc2c(C)c1Cl. The number of hydrogen-bond donors (Lipinski definition) is 1. The first kappa shape index (κ1) is 11.1. The molecule has 1 aromatic carbocycles. The Bertz CT molecular complexity index is 569. The maximum absolute atomic E-state index is 6.25. The van der Waals surface area contributed by atoms with Gasteiger partial charge < -0.3 is 9.73 Å². The van der Waals surface area contributed by atoms with E-state index in [2.05, 4.69) is 11.4 Å². The van der Waals surface area contributed by atoms with Crippen LogP contribution < -0.4 is 5.32 Å². The highest BCUT2D eigenvalue weighted by atomic mass is 35.5. The van der Waals surface area contributed by atoms with E-state index in [0.717, 1.165) is 39.4 Å². The summed E-state index contributed by atoms with van der Waals surface area (Å²) < 4.78 is 5.84. The lowest BCUT2D eigenvalue weighted by Gasteiger charge is -2.02. The molecule has 1 N–H and O–H groups in total. The minimum Gasteiger partial charge on any atom is -0.460 e. The third-order valence-electron chi connectivity index (χ3n) is 3.38. The summed E-state index contributed by atoms with van der Waals surface area (Å²) in [6.07, 6.45) is 2.59.